The van der Waals surface area contributed by atoms with Gasteiger partial charge in [0.05, 0.1) is 0 Å². The van der Waals surface area contributed by atoms with E-state index in [1.165, 1.54) is 0 Å². The summed E-state index contributed by atoms with van der Waals surface area (Å²) in [5, 5.41) is 0. The van der Waals surface area contributed by atoms with Crippen molar-refractivity contribution < 1.29 is 4.79 Å². The lowest BCUT2D eigenvalue weighted by atomic mass is 9.98. The third-order valence-corrected chi connectivity index (χ3v) is 3.05. The molecule has 1 rings (SSSR count). The molecule has 0 bridgehead atoms. The number of hydrogen-bond donors (Lipinski definition) is 0. The first-order valence-corrected chi connectivity index (χ1v) is 6.00. The molecule has 0 saturated heterocycles. The van der Waals surface area contributed by atoms with E-state index in [9.17, 15) is 4.79 Å². The summed E-state index contributed by atoms with van der Waals surface area (Å²) in [5.74, 6) is 0.748. The minimum absolute atomic E-state index is 0.262. The molecule has 0 aliphatic carbocycles. The lowest BCUT2D eigenvalue weighted by Gasteiger charge is -2.07. The van der Waals surface area contributed by atoms with Crippen molar-refractivity contribution in [2.45, 2.75) is 26.7 Å². The van der Waals surface area contributed by atoms with Gasteiger partial charge in [-0.05, 0) is 40.6 Å². The molecule has 0 radical (unpaired) electrons. The van der Waals surface area contributed by atoms with Crippen molar-refractivity contribution in [3.63, 3.8) is 0 Å². The van der Waals surface area contributed by atoms with Crippen molar-refractivity contribution in [1.29, 1.82) is 0 Å². The van der Waals surface area contributed by atoms with Gasteiger partial charge in [-0.25, -0.2) is 0 Å². The van der Waals surface area contributed by atoms with Gasteiger partial charge in [-0.3, -0.25) is 4.79 Å². The summed E-state index contributed by atoms with van der Waals surface area (Å²) in [4.78, 5) is 11.8. The summed E-state index contributed by atoms with van der Waals surface area (Å²) in [7, 11) is 0. The van der Waals surface area contributed by atoms with Crippen LogP contribution in [0.3, 0.4) is 0 Å². The number of ketones is 1. The quantitative estimate of drug-likeness (QED) is 0.609. The highest BCUT2D eigenvalue weighted by Gasteiger charge is 2.09. The third-order valence-electron chi connectivity index (χ3n) is 2.38. The number of Topliss-reactive ketones (excluding diaryl/α,β-unsaturated/α-hetero) is 1. The first-order valence-electron chi connectivity index (χ1n) is 4.92. The molecule has 14 heavy (non-hydrogen) atoms. The van der Waals surface area contributed by atoms with E-state index in [4.69, 9.17) is 0 Å². The fourth-order valence-corrected chi connectivity index (χ4v) is 1.78. The number of rotatable bonds is 4. The number of benzene rings is 1. The maximum Gasteiger partial charge on any atom is 0.163 e. The van der Waals surface area contributed by atoms with Crippen LogP contribution in [-0.4, -0.2) is 5.78 Å². The van der Waals surface area contributed by atoms with Crippen molar-refractivity contribution in [2.75, 3.05) is 0 Å². The van der Waals surface area contributed by atoms with E-state index in [1.54, 1.807) is 0 Å². The Bertz CT molecular complexity index is 320. The fourth-order valence-electron chi connectivity index (χ4n) is 1.24. The Balaban J connectivity index is 2.70. The minimum atomic E-state index is 0.262. The van der Waals surface area contributed by atoms with E-state index in [-0.39, 0.29) is 5.78 Å². The molecule has 76 valence electrons. The SMILES string of the molecule is CCC(C)CC(=O)c1cccc(I)c1. The molecule has 0 amide bonds. The molecule has 0 spiro atoms. The summed E-state index contributed by atoms with van der Waals surface area (Å²) in [6, 6.07) is 7.78. The molecular formula is C12H15IO. The Labute approximate surface area is 99.0 Å². The predicted molar refractivity (Wildman–Crippen MR) is 67.6 cm³/mol. The molecule has 0 heterocycles. The molecule has 0 aliphatic rings. The Morgan fingerprint density at radius 1 is 1.50 bits per heavy atom. The van der Waals surface area contributed by atoms with Crippen LogP contribution in [0.5, 0.6) is 0 Å². The second-order valence-electron chi connectivity index (χ2n) is 3.65. The van der Waals surface area contributed by atoms with Crippen LogP contribution < -0.4 is 0 Å². The fraction of sp³-hybridized carbons (Fsp3) is 0.417. The maximum absolute atomic E-state index is 11.8. The zero-order valence-electron chi connectivity index (χ0n) is 8.59. The van der Waals surface area contributed by atoms with Crippen molar-refractivity contribution in [2.24, 2.45) is 5.92 Å². The largest absolute Gasteiger partial charge is 0.294 e. The van der Waals surface area contributed by atoms with Crippen molar-refractivity contribution in [3.8, 4) is 0 Å². The smallest absolute Gasteiger partial charge is 0.163 e. The number of hydrogen-bond acceptors (Lipinski definition) is 1. The van der Waals surface area contributed by atoms with Crippen LogP contribution in [0.4, 0.5) is 0 Å². The normalized spacial score (nSPS) is 12.5. The van der Waals surface area contributed by atoms with E-state index in [0.717, 1.165) is 15.6 Å². The summed E-state index contributed by atoms with van der Waals surface area (Å²) in [6.07, 6.45) is 1.73. The first kappa shape index (κ1) is 11.7. The minimum Gasteiger partial charge on any atom is -0.294 e. The molecule has 1 aromatic rings. The van der Waals surface area contributed by atoms with Gasteiger partial charge in [0, 0.05) is 15.6 Å². The van der Waals surface area contributed by atoms with Crippen LogP contribution in [0.25, 0.3) is 0 Å². The maximum atomic E-state index is 11.8. The van der Waals surface area contributed by atoms with E-state index in [0.29, 0.717) is 12.3 Å². The van der Waals surface area contributed by atoms with E-state index < -0.39 is 0 Å². The molecule has 0 fully saturated rings. The zero-order chi connectivity index (χ0) is 10.6. The highest BCUT2D eigenvalue weighted by atomic mass is 127. The first-order chi connectivity index (χ1) is 6.63. The molecule has 0 saturated carbocycles. The number of carbonyl (C=O) groups excluding carboxylic acids is 1. The molecule has 2 heteroatoms. The van der Waals surface area contributed by atoms with Crippen LogP contribution in [0, 0.1) is 9.49 Å². The van der Waals surface area contributed by atoms with E-state index >= 15 is 0 Å². The van der Waals surface area contributed by atoms with Gasteiger partial charge in [0.1, 0.15) is 0 Å². The number of carbonyl (C=O) groups is 1. The lowest BCUT2D eigenvalue weighted by Crippen LogP contribution is -2.05. The molecule has 0 N–H and O–H groups in total. The molecule has 1 aromatic carbocycles. The monoisotopic (exact) mass is 302 g/mol. The standard InChI is InChI=1S/C12H15IO/c1-3-9(2)7-12(14)10-5-4-6-11(13)8-10/h4-6,8-9H,3,7H2,1-2H3. The summed E-state index contributed by atoms with van der Waals surface area (Å²) in [5.41, 5.74) is 0.845. The van der Waals surface area contributed by atoms with Gasteiger partial charge in [-0.2, -0.15) is 0 Å². The summed E-state index contributed by atoms with van der Waals surface area (Å²) < 4.78 is 1.12. The molecule has 0 aromatic heterocycles. The second kappa shape index (κ2) is 5.49. The lowest BCUT2D eigenvalue weighted by molar-refractivity contribution is 0.0963. The van der Waals surface area contributed by atoms with Gasteiger partial charge < -0.3 is 0 Å². The van der Waals surface area contributed by atoms with E-state index in [1.807, 2.05) is 24.3 Å². The average Bonchev–Trinajstić information content (AvgIpc) is 2.17. The van der Waals surface area contributed by atoms with Gasteiger partial charge in [-0.15, -0.1) is 0 Å². The molecule has 1 atom stereocenters. The molecule has 0 aliphatic heterocycles. The Hall–Kier alpha value is -0.380. The average molecular weight is 302 g/mol. The van der Waals surface area contributed by atoms with Gasteiger partial charge in [-0.1, -0.05) is 32.4 Å². The second-order valence-corrected chi connectivity index (χ2v) is 4.90. The van der Waals surface area contributed by atoms with Crippen molar-refractivity contribution in [3.05, 3.63) is 33.4 Å². The Kier molecular flexibility index (Phi) is 4.58. The predicted octanol–water partition coefficient (Wildman–Crippen LogP) is 3.91. The summed E-state index contributed by atoms with van der Waals surface area (Å²) >= 11 is 2.23. The van der Waals surface area contributed by atoms with Crippen LogP contribution in [-0.2, 0) is 0 Å². The van der Waals surface area contributed by atoms with Gasteiger partial charge in [0.2, 0.25) is 0 Å². The Morgan fingerprint density at radius 2 is 2.21 bits per heavy atom. The van der Waals surface area contributed by atoms with E-state index in [2.05, 4.69) is 36.4 Å². The van der Waals surface area contributed by atoms with Crippen LogP contribution in [0.1, 0.15) is 37.0 Å². The topological polar surface area (TPSA) is 17.1 Å². The summed E-state index contributed by atoms with van der Waals surface area (Å²) in [6.45, 7) is 4.23. The van der Waals surface area contributed by atoms with Crippen LogP contribution >= 0.6 is 22.6 Å². The van der Waals surface area contributed by atoms with Crippen molar-refractivity contribution >= 4 is 28.4 Å². The van der Waals surface area contributed by atoms with Crippen LogP contribution in [0.2, 0.25) is 0 Å². The highest BCUT2D eigenvalue weighted by molar-refractivity contribution is 14.1. The van der Waals surface area contributed by atoms with Gasteiger partial charge in [0.15, 0.2) is 5.78 Å². The highest BCUT2D eigenvalue weighted by Crippen LogP contribution is 2.14. The number of halogens is 1. The zero-order valence-corrected chi connectivity index (χ0v) is 10.7. The van der Waals surface area contributed by atoms with Gasteiger partial charge >= 0.3 is 0 Å². The van der Waals surface area contributed by atoms with Crippen molar-refractivity contribution in [1.82, 2.24) is 0 Å². The molecule has 1 unspecified atom stereocenters. The Morgan fingerprint density at radius 3 is 2.79 bits per heavy atom. The van der Waals surface area contributed by atoms with Gasteiger partial charge in [0.25, 0.3) is 0 Å². The molecule has 1 nitrogen and oxygen atoms in total. The third kappa shape index (κ3) is 3.40. The van der Waals surface area contributed by atoms with Crippen LogP contribution in [0.15, 0.2) is 24.3 Å². The molecular weight excluding hydrogens is 287 g/mol.